The van der Waals surface area contributed by atoms with Gasteiger partial charge in [0, 0.05) is 4.90 Å². The van der Waals surface area contributed by atoms with Crippen molar-refractivity contribution in [1.29, 1.82) is 0 Å². The third-order valence-corrected chi connectivity index (χ3v) is 2.62. The Balaban J connectivity index is 3.22. The maximum atomic E-state index is 11.2. The van der Waals surface area contributed by atoms with E-state index >= 15 is 0 Å². The summed E-state index contributed by atoms with van der Waals surface area (Å²) in [6.45, 7) is 5.68. The van der Waals surface area contributed by atoms with Crippen molar-refractivity contribution < 1.29 is 14.6 Å². The Kier molecular flexibility index (Phi) is 3.86. The Morgan fingerprint density at radius 1 is 1.38 bits per heavy atom. The first-order valence-electron chi connectivity index (χ1n) is 4.94. The molecular formula is C12H16O3S. The number of ether oxygens (including phenoxy) is 1. The summed E-state index contributed by atoms with van der Waals surface area (Å²) in [5.74, 6) is -0.531. The summed E-state index contributed by atoms with van der Waals surface area (Å²) < 4.78 is 5.64. The number of benzene rings is 1. The number of thioether (sulfide) groups is 1. The van der Waals surface area contributed by atoms with Gasteiger partial charge >= 0.3 is 5.97 Å². The van der Waals surface area contributed by atoms with E-state index in [1.54, 1.807) is 18.2 Å². The second kappa shape index (κ2) is 4.78. The van der Waals surface area contributed by atoms with E-state index < -0.39 is 11.6 Å². The lowest BCUT2D eigenvalue weighted by atomic mass is 10.1. The molecule has 16 heavy (non-hydrogen) atoms. The van der Waals surface area contributed by atoms with Crippen molar-refractivity contribution in [2.45, 2.75) is 31.3 Å². The van der Waals surface area contributed by atoms with Crippen LogP contribution in [-0.4, -0.2) is 22.9 Å². The molecule has 0 amide bonds. The van der Waals surface area contributed by atoms with Crippen LogP contribution in [0.5, 0.6) is 5.75 Å². The van der Waals surface area contributed by atoms with E-state index in [9.17, 15) is 9.90 Å². The van der Waals surface area contributed by atoms with Gasteiger partial charge in [-0.2, -0.15) is 0 Å². The maximum absolute atomic E-state index is 11.2. The van der Waals surface area contributed by atoms with E-state index in [-0.39, 0.29) is 5.56 Å². The lowest BCUT2D eigenvalue weighted by molar-refractivity contribution is 0.0676. The van der Waals surface area contributed by atoms with Crippen molar-refractivity contribution in [2.24, 2.45) is 0 Å². The molecule has 0 aliphatic carbocycles. The van der Waals surface area contributed by atoms with Crippen molar-refractivity contribution in [1.82, 2.24) is 0 Å². The second-order valence-corrected chi connectivity index (χ2v) is 5.20. The Labute approximate surface area is 99.8 Å². The Morgan fingerprint density at radius 2 is 2.00 bits per heavy atom. The summed E-state index contributed by atoms with van der Waals surface area (Å²) in [5, 5.41) is 9.18. The molecule has 0 bridgehead atoms. The minimum atomic E-state index is -0.954. The Hall–Kier alpha value is -1.16. The Bertz CT molecular complexity index is 394. The standard InChI is InChI=1S/C12H16O3S/c1-12(2,3)15-8-6-5-7-9(16-4)10(8)11(13)14/h5-7H,1-4H3,(H,13,14). The van der Waals surface area contributed by atoms with Gasteiger partial charge in [-0.15, -0.1) is 11.8 Å². The van der Waals surface area contributed by atoms with Gasteiger partial charge in [-0.3, -0.25) is 0 Å². The highest BCUT2D eigenvalue weighted by Crippen LogP contribution is 2.30. The first-order valence-corrected chi connectivity index (χ1v) is 6.17. The summed E-state index contributed by atoms with van der Waals surface area (Å²) in [7, 11) is 0. The minimum absolute atomic E-state index is 0.241. The summed E-state index contributed by atoms with van der Waals surface area (Å²) >= 11 is 1.40. The van der Waals surface area contributed by atoms with E-state index in [4.69, 9.17) is 4.74 Å². The molecule has 0 unspecified atom stereocenters. The minimum Gasteiger partial charge on any atom is -0.487 e. The fourth-order valence-electron chi connectivity index (χ4n) is 1.31. The zero-order chi connectivity index (χ0) is 12.3. The molecule has 1 aromatic carbocycles. The van der Waals surface area contributed by atoms with Gasteiger partial charge in [-0.1, -0.05) is 6.07 Å². The van der Waals surface area contributed by atoms with E-state index in [1.165, 1.54) is 11.8 Å². The molecular weight excluding hydrogens is 224 g/mol. The van der Waals surface area contributed by atoms with Gasteiger partial charge in [0.05, 0.1) is 0 Å². The molecule has 1 rings (SSSR count). The normalized spacial score (nSPS) is 11.2. The lowest BCUT2D eigenvalue weighted by Crippen LogP contribution is -2.24. The predicted octanol–water partition coefficient (Wildman–Crippen LogP) is 3.28. The summed E-state index contributed by atoms with van der Waals surface area (Å²) in [6, 6.07) is 5.28. The van der Waals surface area contributed by atoms with Crippen LogP contribution in [0.15, 0.2) is 23.1 Å². The van der Waals surface area contributed by atoms with Crippen molar-refractivity contribution in [3.63, 3.8) is 0 Å². The molecule has 0 aliphatic heterocycles. The summed E-state index contributed by atoms with van der Waals surface area (Å²) in [4.78, 5) is 11.9. The highest BCUT2D eigenvalue weighted by Gasteiger charge is 2.20. The number of carboxylic acid groups (broad SMARTS) is 1. The molecule has 88 valence electrons. The van der Waals surface area contributed by atoms with Gasteiger partial charge in [-0.05, 0) is 39.2 Å². The molecule has 1 aromatic rings. The van der Waals surface area contributed by atoms with Gasteiger partial charge in [0.1, 0.15) is 16.9 Å². The van der Waals surface area contributed by atoms with Crippen LogP contribution in [-0.2, 0) is 0 Å². The number of aromatic carboxylic acids is 1. The van der Waals surface area contributed by atoms with Crippen LogP contribution >= 0.6 is 11.8 Å². The van der Waals surface area contributed by atoms with Crippen LogP contribution in [0.4, 0.5) is 0 Å². The number of rotatable bonds is 3. The molecule has 1 N–H and O–H groups in total. The summed E-state index contributed by atoms with van der Waals surface area (Å²) in [6.07, 6.45) is 1.85. The molecule has 0 fully saturated rings. The highest BCUT2D eigenvalue weighted by atomic mass is 32.2. The molecule has 3 nitrogen and oxygen atoms in total. The van der Waals surface area contributed by atoms with Gasteiger partial charge in [0.2, 0.25) is 0 Å². The molecule has 0 saturated heterocycles. The van der Waals surface area contributed by atoms with Crippen LogP contribution in [0, 0.1) is 0 Å². The molecule has 0 heterocycles. The highest BCUT2D eigenvalue weighted by molar-refractivity contribution is 7.98. The zero-order valence-electron chi connectivity index (χ0n) is 9.90. The van der Waals surface area contributed by atoms with Crippen LogP contribution in [0.25, 0.3) is 0 Å². The quantitative estimate of drug-likeness (QED) is 0.823. The van der Waals surface area contributed by atoms with Crippen molar-refractivity contribution in [3.8, 4) is 5.75 Å². The zero-order valence-corrected chi connectivity index (χ0v) is 10.7. The average molecular weight is 240 g/mol. The topological polar surface area (TPSA) is 46.5 Å². The van der Waals surface area contributed by atoms with Crippen LogP contribution < -0.4 is 4.74 Å². The summed E-state index contributed by atoms with van der Waals surface area (Å²) in [5.41, 5.74) is -0.161. The average Bonchev–Trinajstić information content (AvgIpc) is 2.14. The molecule has 0 saturated carbocycles. The van der Waals surface area contributed by atoms with Crippen LogP contribution in [0.1, 0.15) is 31.1 Å². The van der Waals surface area contributed by atoms with Gasteiger partial charge in [0.15, 0.2) is 0 Å². The number of hydrogen-bond acceptors (Lipinski definition) is 3. The maximum Gasteiger partial charge on any atom is 0.340 e. The van der Waals surface area contributed by atoms with Crippen molar-refractivity contribution in [2.75, 3.05) is 6.26 Å². The second-order valence-electron chi connectivity index (χ2n) is 4.35. The van der Waals surface area contributed by atoms with Crippen LogP contribution in [0.3, 0.4) is 0 Å². The molecule has 0 atom stereocenters. The van der Waals surface area contributed by atoms with Gasteiger partial charge < -0.3 is 9.84 Å². The third-order valence-electron chi connectivity index (χ3n) is 1.84. The SMILES string of the molecule is CSc1cccc(OC(C)(C)C)c1C(=O)O. The molecule has 4 heteroatoms. The molecule has 0 aromatic heterocycles. The fraction of sp³-hybridized carbons (Fsp3) is 0.417. The van der Waals surface area contributed by atoms with E-state index in [0.29, 0.717) is 10.6 Å². The van der Waals surface area contributed by atoms with E-state index in [1.807, 2.05) is 27.0 Å². The van der Waals surface area contributed by atoms with Gasteiger partial charge in [0.25, 0.3) is 0 Å². The smallest absolute Gasteiger partial charge is 0.340 e. The fourth-order valence-corrected chi connectivity index (χ4v) is 1.91. The van der Waals surface area contributed by atoms with Gasteiger partial charge in [-0.25, -0.2) is 4.79 Å². The molecule has 0 spiro atoms. The van der Waals surface area contributed by atoms with E-state index in [2.05, 4.69) is 0 Å². The number of hydrogen-bond donors (Lipinski definition) is 1. The lowest BCUT2D eigenvalue weighted by Gasteiger charge is -2.23. The van der Waals surface area contributed by atoms with Crippen molar-refractivity contribution in [3.05, 3.63) is 23.8 Å². The molecule has 0 radical (unpaired) electrons. The monoisotopic (exact) mass is 240 g/mol. The van der Waals surface area contributed by atoms with E-state index in [0.717, 1.165) is 0 Å². The largest absolute Gasteiger partial charge is 0.487 e. The number of carbonyl (C=O) groups is 1. The van der Waals surface area contributed by atoms with Crippen LogP contribution in [0.2, 0.25) is 0 Å². The number of carboxylic acids is 1. The molecule has 0 aliphatic rings. The Morgan fingerprint density at radius 3 is 2.44 bits per heavy atom. The first kappa shape index (κ1) is 12.9. The third kappa shape index (κ3) is 3.17. The first-order chi connectivity index (χ1) is 7.35. The predicted molar refractivity (Wildman–Crippen MR) is 65.6 cm³/mol. The van der Waals surface area contributed by atoms with Crippen molar-refractivity contribution >= 4 is 17.7 Å².